The van der Waals surface area contributed by atoms with E-state index >= 15 is 0 Å². The third-order valence-electron chi connectivity index (χ3n) is 4.14. The van der Waals surface area contributed by atoms with E-state index in [2.05, 4.69) is 15.5 Å². The minimum absolute atomic E-state index is 0.151. The summed E-state index contributed by atoms with van der Waals surface area (Å²) in [5.41, 5.74) is 6.57. The minimum atomic E-state index is -0.403. The van der Waals surface area contributed by atoms with Gasteiger partial charge in [0.15, 0.2) is 0 Å². The van der Waals surface area contributed by atoms with E-state index < -0.39 is 5.91 Å². The Balaban J connectivity index is 1.72. The smallest absolute Gasteiger partial charge is 0.319 e. The van der Waals surface area contributed by atoms with Crippen LogP contribution in [0.3, 0.4) is 0 Å². The van der Waals surface area contributed by atoms with E-state index in [9.17, 15) is 14.7 Å². The van der Waals surface area contributed by atoms with E-state index in [0.29, 0.717) is 18.2 Å². The number of anilines is 1. The van der Waals surface area contributed by atoms with Gasteiger partial charge < -0.3 is 26.4 Å². The third kappa shape index (κ3) is 6.17. The monoisotopic (exact) mass is 334 g/mol. The van der Waals surface area contributed by atoms with Gasteiger partial charge in [-0.25, -0.2) is 4.79 Å². The quantitative estimate of drug-likeness (QED) is 0.584. The van der Waals surface area contributed by atoms with Crippen LogP contribution in [0.5, 0.6) is 0 Å². The zero-order valence-corrected chi connectivity index (χ0v) is 13.8. The molecule has 0 spiro atoms. The van der Waals surface area contributed by atoms with E-state index in [0.717, 1.165) is 38.0 Å². The van der Waals surface area contributed by atoms with Crippen molar-refractivity contribution in [2.45, 2.75) is 19.3 Å². The van der Waals surface area contributed by atoms with Crippen molar-refractivity contribution < 1.29 is 14.7 Å². The van der Waals surface area contributed by atoms with Crippen molar-refractivity contribution in [3.05, 3.63) is 29.8 Å². The van der Waals surface area contributed by atoms with Gasteiger partial charge in [0.1, 0.15) is 0 Å². The van der Waals surface area contributed by atoms with Crippen molar-refractivity contribution in [2.24, 2.45) is 11.7 Å². The van der Waals surface area contributed by atoms with Gasteiger partial charge >= 0.3 is 6.03 Å². The minimum Gasteiger partial charge on any atom is -0.396 e. The van der Waals surface area contributed by atoms with Crippen LogP contribution >= 0.6 is 0 Å². The average molecular weight is 334 g/mol. The summed E-state index contributed by atoms with van der Waals surface area (Å²) in [5, 5.41) is 14.8. The number of urea groups is 1. The van der Waals surface area contributed by atoms with Gasteiger partial charge in [0, 0.05) is 31.9 Å². The largest absolute Gasteiger partial charge is 0.396 e. The standard InChI is InChI=1S/C17H26N4O3/c18-16(23)10-13-3-1-5-15(9-13)20-17(24)19-6-8-21-7-2-4-14(11-21)12-22/h1,3,5,9,14,22H,2,4,6-8,10-12H2,(H2,18,23)(H2,19,20,24)/t14-/m1/s1. The maximum absolute atomic E-state index is 11.9. The second kappa shape index (κ2) is 9.24. The van der Waals surface area contributed by atoms with Crippen LogP contribution < -0.4 is 16.4 Å². The van der Waals surface area contributed by atoms with Gasteiger partial charge in [-0.2, -0.15) is 0 Å². The molecule has 1 aromatic carbocycles. The second-order valence-electron chi connectivity index (χ2n) is 6.22. The van der Waals surface area contributed by atoms with Gasteiger partial charge in [0.25, 0.3) is 0 Å². The lowest BCUT2D eigenvalue weighted by Gasteiger charge is -2.31. The molecule has 1 aliphatic rings. The van der Waals surface area contributed by atoms with Crippen molar-refractivity contribution >= 4 is 17.6 Å². The van der Waals surface area contributed by atoms with E-state index in [1.807, 2.05) is 0 Å². The summed E-state index contributed by atoms with van der Waals surface area (Å²) in [5.74, 6) is -0.0557. The van der Waals surface area contributed by atoms with Gasteiger partial charge in [-0.05, 0) is 43.0 Å². The summed E-state index contributed by atoms with van der Waals surface area (Å²) < 4.78 is 0. The van der Waals surface area contributed by atoms with E-state index in [1.54, 1.807) is 24.3 Å². The molecular weight excluding hydrogens is 308 g/mol. The summed E-state index contributed by atoms with van der Waals surface area (Å²) in [4.78, 5) is 25.1. The Morgan fingerprint density at radius 1 is 1.38 bits per heavy atom. The lowest BCUT2D eigenvalue weighted by atomic mass is 9.99. The number of primary amides is 1. The topological polar surface area (TPSA) is 108 Å². The fourth-order valence-corrected chi connectivity index (χ4v) is 2.97. The number of piperidine rings is 1. The van der Waals surface area contributed by atoms with Crippen LogP contribution in [-0.4, -0.2) is 54.7 Å². The molecule has 0 bridgehead atoms. The first kappa shape index (κ1) is 18.2. The molecule has 1 atom stereocenters. The van der Waals surface area contributed by atoms with Crippen molar-refractivity contribution in [1.29, 1.82) is 0 Å². The molecule has 5 N–H and O–H groups in total. The number of nitrogens with two attached hydrogens (primary N) is 1. The maximum Gasteiger partial charge on any atom is 0.319 e. The number of likely N-dealkylation sites (tertiary alicyclic amines) is 1. The number of aliphatic hydroxyl groups excluding tert-OH is 1. The SMILES string of the molecule is NC(=O)Cc1cccc(NC(=O)NCCN2CCC[C@@H](CO)C2)c1. The highest BCUT2D eigenvalue weighted by Crippen LogP contribution is 2.15. The summed E-state index contributed by atoms with van der Waals surface area (Å²) in [6.07, 6.45) is 2.31. The van der Waals surface area contributed by atoms with Crippen LogP contribution in [0.1, 0.15) is 18.4 Å². The summed E-state index contributed by atoms with van der Waals surface area (Å²) in [6, 6.07) is 6.79. The molecule has 7 heteroatoms. The lowest BCUT2D eigenvalue weighted by molar-refractivity contribution is -0.117. The summed E-state index contributed by atoms with van der Waals surface area (Å²) >= 11 is 0. The second-order valence-corrected chi connectivity index (χ2v) is 6.22. The number of nitrogens with zero attached hydrogens (tertiary/aromatic N) is 1. The number of amides is 3. The van der Waals surface area contributed by atoms with Gasteiger partial charge in [-0.15, -0.1) is 0 Å². The van der Waals surface area contributed by atoms with Crippen LogP contribution in [0.4, 0.5) is 10.5 Å². The highest BCUT2D eigenvalue weighted by atomic mass is 16.3. The molecule has 132 valence electrons. The third-order valence-corrected chi connectivity index (χ3v) is 4.14. The molecule has 0 radical (unpaired) electrons. The number of carbonyl (C=O) groups is 2. The van der Waals surface area contributed by atoms with Crippen molar-refractivity contribution in [3.63, 3.8) is 0 Å². The zero-order valence-electron chi connectivity index (χ0n) is 13.8. The molecule has 1 aromatic rings. The van der Waals surface area contributed by atoms with E-state index in [4.69, 9.17) is 5.73 Å². The Hall–Kier alpha value is -2.12. The normalized spacial score (nSPS) is 18.1. The van der Waals surface area contributed by atoms with E-state index in [1.165, 1.54) is 0 Å². The Bertz CT molecular complexity index is 565. The van der Waals surface area contributed by atoms with Gasteiger partial charge in [0.2, 0.25) is 5.91 Å². The van der Waals surface area contributed by atoms with Crippen molar-refractivity contribution in [1.82, 2.24) is 10.2 Å². The van der Waals surface area contributed by atoms with Crippen molar-refractivity contribution in [2.75, 3.05) is 38.1 Å². The Labute approximate surface area is 142 Å². The molecular formula is C17H26N4O3. The molecule has 1 heterocycles. The molecule has 1 aliphatic heterocycles. The van der Waals surface area contributed by atoms with Gasteiger partial charge in [-0.3, -0.25) is 4.79 Å². The fourth-order valence-electron chi connectivity index (χ4n) is 2.97. The van der Waals surface area contributed by atoms with Gasteiger partial charge in [-0.1, -0.05) is 12.1 Å². The number of nitrogens with one attached hydrogen (secondary N) is 2. The maximum atomic E-state index is 11.9. The average Bonchev–Trinajstić information content (AvgIpc) is 2.54. The van der Waals surface area contributed by atoms with Crippen molar-refractivity contribution in [3.8, 4) is 0 Å². The number of benzene rings is 1. The molecule has 1 fully saturated rings. The Morgan fingerprint density at radius 3 is 2.96 bits per heavy atom. The number of aliphatic hydroxyl groups is 1. The molecule has 2 rings (SSSR count). The fraction of sp³-hybridized carbons (Fsp3) is 0.529. The van der Waals surface area contributed by atoms with Crippen LogP contribution in [-0.2, 0) is 11.2 Å². The first-order valence-electron chi connectivity index (χ1n) is 8.32. The predicted molar refractivity (Wildman–Crippen MR) is 92.6 cm³/mol. The predicted octanol–water partition coefficient (Wildman–Crippen LogP) is 0.540. The first-order valence-corrected chi connectivity index (χ1v) is 8.32. The first-order chi connectivity index (χ1) is 11.6. The molecule has 0 aromatic heterocycles. The Morgan fingerprint density at radius 2 is 2.21 bits per heavy atom. The number of hydrogen-bond acceptors (Lipinski definition) is 4. The van der Waals surface area contributed by atoms with E-state index in [-0.39, 0.29) is 19.1 Å². The van der Waals surface area contributed by atoms with Crippen LogP contribution in [0.2, 0.25) is 0 Å². The van der Waals surface area contributed by atoms with Crippen LogP contribution in [0.15, 0.2) is 24.3 Å². The molecule has 3 amide bonds. The highest BCUT2D eigenvalue weighted by molar-refractivity contribution is 5.89. The highest BCUT2D eigenvalue weighted by Gasteiger charge is 2.18. The van der Waals surface area contributed by atoms with Gasteiger partial charge in [0.05, 0.1) is 6.42 Å². The van der Waals surface area contributed by atoms with Crippen LogP contribution in [0, 0.1) is 5.92 Å². The molecule has 0 saturated carbocycles. The molecule has 1 saturated heterocycles. The number of carbonyl (C=O) groups excluding carboxylic acids is 2. The zero-order chi connectivity index (χ0) is 17.4. The Kier molecular flexibility index (Phi) is 7.02. The van der Waals surface area contributed by atoms with Crippen LogP contribution in [0.25, 0.3) is 0 Å². The molecule has 24 heavy (non-hydrogen) atoms. The number of rotatable bonds is 7. The molecule has 7 nitrogen and oxygen atoms in total. The lowest BCUT2D eigenvalue weighted by Crippen LogP contribution is -2.42. The summed E-state index contributed by atoms with van der Waals surface area (Å²) in [7, 11) is 0. The number of hydrogen-bond donors (Lipinski definition) is 4. The molecule has 0 aliphatic carbocycles. The molecule has 0 unspecified atom stereocenters. The summed E-state index contributed by atoms with van der Waals surface area (Å²) in [6.45, 7) is 3.44.